The van der Waals surface area contributed by atoms with Crippen LogP contribution in [-0.2, 0) is 23.0 Å². The van der Waals surface area contributed by atoms with Gasteiger partial charge in [0, 0.05) is 17.1 Å². The first-order valence-corrected chi connectivity index (χ1v) is 9.06. The van der Waals surface area contributed by atoms with Crippen LogP contribution in [0.5, 0.6) is 0 Å². The van der Waals surface area contributed by atoms with Crippen molar-refractivity contribution in [2.24, 2.45) is 0 Å². The Hall–Kier alpha value is -2.04. The van der Waals surface area contributed by atoms with Gasteiger partial charge in [0.15, 0.2) is 0 Å². The van der Waals surface area contributed by atoms with Gasteiger partial charge in [-0.15, -0.1) is 11.3 Å². The minimum absolute atomic E-state index is 0.153. The molecule has 2 aromatic rings. The number of thiazole rings is 1. The highest BCUT2D eigenvalue weighted by Crippen LogP contribution is 2.28. The molecule has 2 N–H and O–H groups in total. The number of nitro groups is 1. The van der Waals surface area contributed by atoms with E-state index >= 15 is 0 Å². The van der Waals surface area contributed by atoms with E-state index in [9.17, 15) is 18.5 Å². The van der Waals surface area contributed by atoms with E-state index in [1.54, 1.807) is 6.20 Å². The maximum atomic E-state index is 11.7. The Bertz CT molecular complexity index is 817. The number of aromatic nitrogens is 1. The van der Waals surface area contributed by atoms with Crippen LogP contribution in [0.4, 0.5) is 11.4 Å². The fourth-order valence-corrected chi connectivity index (χ4v) is 3.41. The first-order chi connectivity index (χ1) is 10.9. The van der Waals surface area contributed by atoms with Crippen molar-refractivity contribution in [1.82, 2.24) is 9.71 Å². The molecule has 0 saturated carbocycles. The Balaban J connectivity index is 2.26. The van der Waals surface area contributed by atoms with E-state index in [4.69, 9.17) is 0 Å². The molecule has 8 nitrogen and oxygen atoms in total. The molecule has 0 bridgehead atoms. The zero-order valence-corrected chi connectivity index (χ0v) is 14.2. The van der Waals surface area contributed by atoms with Crippen LogP contribution in [0.25, 0.3) is 0 Å². The molecule has 0 spiro atoms. The normalized spacial score (nSPS) is 11.4. The average Bonchev–Trinajstić information content (AvgIpc) is 3.00. The molecule has 1 heterocycles. The SMILES string of the molecule is CCc1cnc(CNc2ccc(S(=O)(=O)NC)cc2[N+](=O)[O-])s1. The van der Waals surface area contributed by atoms with Gasteiger partial charge >= 0.3 is 0 Å². The van der Waals surface area contributed by atoms with Crippen LogP contribution < -0.4 is 10.0 Å². The Morgan fingerprint density at radius 3 is 2.70 bits per heavy atom. The number of aryl methyl sites for hydroxylation is 1. The van der Waals surface area contributed by atoms with E-state index in [1.165, 1.54) is 30.5 Å². The van der Waals surface area contributed by atoms with Crippen LogP contribution in [0, 0.1) is 10.1 Å². The highest BCUT2D eigenvalue weighted by Gasteiger charge is 2.20. The minimum atomic E-state index is -3.73. The van der Waals surface area contributed by atoms with Crippen LogP contribution >= 0.6 is 11.3 Å². The van der Waals surface area contributed by atoms with Crippen molar-refractivity contribution in [3.63, 3.8) is 0 Å². The number of nitro benzene ring substituents is 1. The standard InChI is InChI=1S/C13H16N4O4S2/c1-3-9-7-16-13(22-9)8-15-11-5-4-10(23(20,21)14-2)6-12(11)17(18)19/h4-7,14-15H,3,8H2,1-2H3. The van der Waals surface area contributed by atoms with Crippen LogP contribution in [-0.4, -0.2) is 25.4 Å². The maximum absolute atomic E-state index is 11.7. The van der Waals surface area contributed by atoms with Crippen molar-refractivity contribution in [3.05, 3.63) is 44.4 Å². The largest absolute Gasteiger partial charge is 0.373 e. The lowest BCUT2D eigenvalue weighted by atomic mass is 10.2. The number of hydrogen-bond donors (Lipinski definition) is 2. The molecule has 0 fully saturated rings. The number of nitrogens with zero attached hydrogens (tertiary/aromatic N) is 2. The van der Waals surface area contributed by atoms with Gasteiger partial charge in [0.2, 0.25) is 10.0 Å². The Morgan fingerprint density at radius 1 is 1.39 bits per heavy atom. The first-order valence-electron chi connectivity index (χ1n) is 6.76. The second-order valence-corrected chi connectivity index (χ2v) is 7.66. The van der Waals surface area contributed by atoms with Crippen molar-refractivity contribution in [2.45, 2.75) is 24.8 Å². The molecule has 0 atom stereocenters. The molecule has 124 valence electrons. The fraction of sp³-hybridized carbons (Fsp3) is 0.308. The van der Waals surface area contributed by atoms with E-state index in [-0.39, 0.29) is 16.3 Å². The number of hydrogen-bond acceptors (Lipinski definition) is 7. The molecule has 1 aromatic heterocycles. The Morgan fingerprint density at radius 2 is 2.13 bits per heavy atom. The zero-order valence-electron chi connectivity index (χ0n) is 12.6. The van der Waals surface area contributed by atoms with Crippen LogP contribution in [0.15, 0.2) is 29.3 Å². The third-order valence-electron chi connectivity index (χ3n) is 3.12. The summed E-state index contributed by atoms with van der Waals surface area (Å²) in [4.78, 5) is 15.8. The van der Waals surface area contributed by atoms with Crippen molar-refractivity contribution in [1.29, 1.82) is 0 Å². The van der Waals surface area contributed by atoms with Crippen LogP contribution in [0.1, 0.15) is 16.8 Å². The zero-order chi connectivity index (χ0) is 17.0. The summed E-state index contributed by atoms with van der Waals surface area (Å²) in [5, 5.41) is 14.9. The Labute approximate surface area is 137 Å². The minimum Gasteiger partial charge on any atom is -0.373 e. The molecule has 0 aliphatic rings. The van der Waals surface area contributed by atoms with E-state index in [0.717, 1.165) is 22.4 Å². The highest BCUT2D eigenvalue weighted by molar-refractivity contribution is 7.89. The quantitative estimate of drug-likeness (QED) is 0.580. The molecule has 1 aromatic carbocycles. The molecule has 23 heavy (non-hydrogen) atoms. The van der Waals surface area contributed by atoms with Gasteiger partial charge in [-0.25, -0.2) is 18.1 Å². The third kappa shape index (κ3) is 4.03. The summed E-state index contributed by atoms with van der Waals surface area (Å²) >= 11 is 1.53. The van der Waals surface area contributed by atoms with Gasteiger partial charge in [-0.05, 0) is 25.6 Å². The fourth-order valence-electron chi connectivity index (χ4n) is 1.86. The molecule has 0 amide bonds. The summed E-state index contributed by atoms with van der Waals surface area (Å²) in [7, 11) is -2.48. The van der Waals surface area contributed by atoms with E-state index in [0.29, 0.717) is 6.54 Å². The van der Waals surface area contributed by atoms with Gasteiger partial charge in [0.25, 0.3) is 5.69 Å². The molecule has 2 rings (SSSR count). The Kier molecular flexibility index (Phi) is 5.29. The molecule has 0 aliphatic carbocycles. The topological polar surface area (TPSA) is 114 Å². The second-order valence-electron chi connectivity index (χ2n) is 4.57. The second kappa shape index (κ2) is 7.02. The number of anilines is 1. The predicted molar refractivity (Wildman–Crippen MR) is 88.2 cm³/mol. The lowest BCUT2D eigenvalue weighted by Gasteiger charge is -2.08. The van der Waals surface area contributed by atoms with Crippen LogP contribution in [0.2, 0.25) is 0 Å². The van der Waals surface area contributed by atoms with Gasteiger partial charge in [-0.2, -0.15) is 0 Å². The molecule has 0 aliphatic heterocycles. The van der Waals surface area contributed by atoms with E-state index in [1.807, 2.05) is 6.92 Å². The molecular weight excluding hydrogens is 340 g/mol. The van der Waals surface area contributed by atoms with Crippen molar-refractivity contribution in [3.8, 4) is 0 Å². The summed E-state index contributed by atoms with van der Waals surface area (Å²) in [6, 6.07) is 3.74. The van der Waals surface area contributed by atoms with Crippen LogP contribution in [0.3, 0.4) is 0 Å². The summed E-state index contributed by atoms with van der Waals surface area (Å²) < 4.78 is 25.6. The molecule has 0 saturated heterocycles. The van der Waals surface area contributed by atoms with Crippen molar-refractivity contribution in [2.75, 3.05) is 12.4 Å². The molecular formula is C13H16N4O4S2. The summed E-state index contributed by atoms with van der Waals surface area (Å²) in [6.45, 7) is 2.36. The van der Waals surface area contributed by atoms with Gasteiger partial charge < -0.3 is 5.32 Å². The lowest BCUT2D eigenvalue weighted by molar-refractivity contribution is -0.384. The summed E-state index contributed by atoms with van der Waals surface area (Å²) in [6.07, 6.45) is 2.66. The maximum Gasteiger partial charge on any atom is 0.293 e. The number of benzene rings is 1. The molecule has 0 radical (unpaired) electrons. The van der Waals surface area contributed by atoms with Gasteiger partial charge in [-0.1, -0.05) is 6.92 Å². The van der Waals surface area contributed by atoms with Gasteiger partial charge in [-0.3, -0.25) is 10.1 Å². The summed E-state index contributed by atoms with van der Waals surface area (Å²) in [5.74, 6) is 0. The van der Waals surface area contributed by atoms with Gasteiger partial charge in [0.05, 0.1) is 16.4 Å². The average molecular weight is 356 g/mol. The predicted octanol–water partition coefficient (Wildman–Crippen LogP) is 2.13. The highest BCUT2D eigenvalue weighted by atomic mass is 32.2. The van der Waals surface area contributed by atoms with E-state index in [2.05, 4.69) is 15.0 Å². The number of nitrogens with one attached hydrogen (secondary N) is 2. The monoisotopic (exact) mass is 356 g/mol. The molecule has 10 heteroatoms. The molecule has 0 unspecified atom stereocenters. The van der Waals surface area contributed by atoms with Crippen molar-refractivity contribution < 1.29 is 13.3 Å². The number of sulfonamides is 1. The smallest absolute Gasteiger partial charge is 0.293 e. The van der Waals surface area contributed by atoms with E-state index < -0.39 is 14.9 Å². The third-order valence-corrected chi connectivity index (χ3v) is 5.68. The van der Waals surface area contributed by atoms with Gasteiger partial charge in [0.1, 0.15) is 10.7 Å². The van der Waals surface area contributed by atoms with Crippen molar-refractivity contribution >= 4 is 32.7 Å². The summed E-state index contributed by atoms with van der Waals surface area (Å²) in [5.41, 5.74) is -0.0492. The lowest BCUT2D eigenvalue weighted by Crippen LogP contribution is -2.18. The number of rotatable bonds is 7. The first kappa shape index (κ1) is 17.3.